The highest BCUT2D eigenvalue weighted by atomic mass is 28.4. The molecule has 0 aliphatic heterocycles. The maximum Gasteiger partial charge on any atom is 0.333 e. The Balaban J connectivity index is 0. The first kappa shape index (κ1) is 26.0. The second-order valence-electron chi connectivity index (χ2n) is 7.31. The Morgan fingerprint density at radius 1 is 0.800 bits per heavy atom. The second-order valence-corrected chi connectivity index (χ2v) is 15.6. The van der Waals surface area contributed by atoms with E-state index in [0.29, 0.717) is 30.4 Å². The van der Waals surface area contributed by atoms with E-state index in [1.54, 1.807) is 13.8 Å². The molecule has 0 aliphatic carbocycles. The summed E-state index contributed by atoms with van der Waals surface area (Å²) in [5.74, 6) is -0.731. The van der Waals surface area contributed by atoms with Crippen LogP contribution in [-0.4, -0.2) is 51.4 Å². The van der Waals surface area contributed by atoms with Crippen molar-refractivity contribution in [2.75, 3.05) is 13.2 Å². The largest absolute Gasteiger partial charge is 0.463 e. The fraction of sp³-hybridized carbons (Fsp3) is 0.647. The number of hydrogen-bond donors (Lipinski definition) is 2. The smallest absolute Gasteiger partial charge is 0.333 e. The van der Waals surface area contributed by atoms with E-state index < -0.39 is 16.6 Å². The molecule has 0 aromatic carbocycles. The minimum atomic E-state index is -2.07. The quantitative estimate of drug-likeness (QED) is 0.272. The van der Waals surface area contributed by atoms with Gasteiger partial charge in [0.25, 0.3) is 0 Å². The van der Waals surface area contributed by atoms with Gasteiger partial charge in [0.2, 0.25) is 0 Å². The van der Waals surface area contributed by atoms with Crippen LogP contribution in [0.15, 0.2) is 24.3 Å². The number of hydrogen-bond acceptors (Lipinski definition) is 6. The third-order valence-corrected chi connectivity index (χ3v) is 5.81. The molecule has 0 aliphatic rings. The Hall–Kier alpha value is -1.23. The average Bonchev–Trinajstić information content (AvgIpc) is 2.41. The molecule has 0 rings (SSSR count). The molecule has 0 heterocycles. The summed E-state index contributed by atoms with van der Waals surface area (Å²) in [7, 11) is -4.04. The Kier molecular flexibility index (Phi) is 12.7. The monoisotopic (exact) mass is 390 g/mol. The van der Waals surface area contributed by atoms with Crippen LogP contribution < -0.4 is 0 Å². The van der Waals surface area contributed by atoms with Crippen LogP contribution in [0.2, 0.25) is 38.3 Å². The van der Waals surface area contributed by atoms with Crippen molar-refractivity contribution in [1.29, 1.82) is 0 Å². The van der Waals surface area contributed by atoms with E-state index >= 15 is 0 Å². The molecule has 0 amide bonds. The Morgan fingerprint density at radius 2 is 1.16 bits per heavy atom. The molecule has 25 heavy (non-hydrogen) atoms. The van der Waals surface area contributed by atoms with E-state index in [0.717, 1.165) is 12.5 Å². The minimum absolute atomic E-state index is 0.293. The summed E-state index contributed by atoms with van der Waals surface area (Å²) < 4.78 is 9.69. The van der Waals surface area contributed by atoms with Crippen molar-refractivity contribution in [2.45, 2.75) is 58.5 Å². The van der Waals surface area contributed by atoms with Crippen molar-refractivity contribution >= 4 is 28.6 Å². The SMILES string of the molecule is C=C(C)C(=O)OCCC[Si](C)(C)O.C=C(C)C(=O)OCC[Si](C)(C)O. The third kappa shape index (κ3) is 20.7. The van der Waals surface area contributed by atoms with Crippen LogP contribution in [0.3, 0.4) is 0 Å². The van der Waals surface area contributed by atoms with Crippen LogP contribution in [0.1, 0.15) is 20.3 Å². The molecule has 0 fully saturated rings. The van der Waals surface area contributed by atoms with Gasteiger partial charge in [0.1, 0.15) is 0 Å². The fourth-order valence-corrected chi connectivity index (χ4v) is 2.92. The lowest BCUT2D eigenvalue weighted by atomic mass is 10.4. The summed E-state index contributed by atoms with van der Waals surface area (Å²) in [6, 6.07) is 1.34. The van der Waals surface area contributed by atoms with Crippen molar-refractivity contribution in [3.05, 3.63) is 24.3 Å². The number of rotatable bonds is 9. The van der Waals surface area contributed by atoms with Crippen LogP contribution in [0.5, 0.6) is 0 Å². The Morgan fingerprint density at radius 3 is 1.48 bits per heavy atom. The maximum atomic E-state index is 10.9. The van der Waals surface area contributed by atoms with E-state index in [9.17, 15) is 19.2 Å². The van der Waals surface area contributed by atoms with Gasteiger partial charge in [-0.3, -0.25) is 0 Å². The molecule has 0 saturated heterocycles. The molecule has 0 spiro atoms. The van der Waals surface area contributed by atoms with Gasteiger partial charge >= 0.3 is 11.9 Å². The first-order chi connectivity index (χ1) is 11.2. The van der Waals surface area contributed by atoms with Crippen molar-refractivity contribution in [2.24, 2.45) is 0 Å². The lowest BCUT2D eigenvalue weighted by Crippen LogP contribution is -2.27. The normalized spacial score (nSPS) is 11.0. The van der Waals surface area contributed by atoms with Crippen LogP contribution >= 0.6 is 0 Å². The molecular formula is C17H34O6Si2. The van der Waals surface area contributed by atoms with Crippen LogP contribution in [0.25, 0.3) is 0 Å². The van der Waals surface area contributed by atoms with Crippen LogP contribution in [-0.2, 0) is 19.1 Å². The fourth-order valence-electron chi connectivity index (χ4n) is 1.31. The first-order valence-corrected chi connectivity index (χ1v) is 14.6. The lowest BCUT2D eigenvalue weighted by molar-refractivity contribution is -0.139. The first-order valence-electron chi connectivity index (χ1n) is 8.26. The summed E-state index contributed by atoms with van der Waals surface area (Å²) in [4.78, 5) is 40.6. The minimum Gasteiger partial charge on any atom is -0.463 e. The molecule has 0 aromatic heterocycles. The summed E-state index contributed by atoms with van der Waals surface area (Å²) in [6.45, 7) is 18.2. The molecule has 0 unspecified atom stereocenters. The molecular weight excluding hydrogens is 356 g/mol. The van der Waals surface area contributed by atoms with Gasteiger partial charge in [0.15, 0.2) is 16.6 Å². The second kappa shape index (κ2) is 12.2. The van der Waals surface area contributed by atoms with E-state index in [1.807, 2.05) is 26.2 Å². The average molecular weight is 391 g/mol. The topological polar surface area (TPSA) is 93.1 Å². The van der Waals surface area contributed by atoms with Crippen LogP contribution in [0.4, 0.5) is 0 Å². The zero-order valence-corrected chi connectivity index (χ0v) is 18.5. The standard InChI is InChI=1S/C9H18O3Si.C8H16O3Si/c1-8(2)9(10)12-6-5-7-13(3,4)11;1-7(2)8(9)11-5-6-12(3,4)10/h11H,1,5-7H2,2-4H3;10H,1,5-6H2,2-4H3. The van der Waals surface area contributed by atoms with E-state index in [2.05, 4.69) is 13.2 Å². The van der Waals surface area contributed by atoms with Crippen LogP contribution in [0, 0.1) is 0 Å². The molecule has 0 atom stereocenters. The van der Waals surface area contributed by atoms with Crippen molar-refractivity contribution in [3.63, 3.8) is 0 Å². The van der Waals surface area contributed by atoms with Gasteiger partial charge in [-0.25, -0.2) is 9.59 Å². The molecule has 0 bridgehead atoms. The molecule has 8 heteroatoms. The molecule has 6 nitrogen and oxygen atoms in total. The molecule has 0 radical (unpaired) electrons. The van der Waals surface area contributed by atoms with Gasteiger partial charge < -0.3 is 19.1 Å². The molecule has 0 aromatic rings. The Labute approximate surface area is 153 Å². The van der Waals surface area contributed by atoms with Gasteiger partial charge in [0, 0.05) is 17.2 Å². The lowest BCUT2D eigenvalue weighted by Gasteiger charge is -2.13. The predicted molar refractivity (Wildman–Crippen MR) is 105 cm³/mol. The number of esters is 2. The number of carbonyl (C=O) groups excluding carboxylic acids is 2. The summed E-state index contributed by atoms with van der Waals surface area (Å²) >= 11 is 0. The Bertz CT molecular complexity index is 461. The molecule has 146 valence electrons. The highest BCUT2D eigenvalue weighted by molar-refractivity contribution is 6.70. The van der Waals surface area contributed by atoms with Crippen molar-refractivity contribution < 1.29 is 28.7 Å². The van der Waals surface area contributed by atoms with Gasteiger partial charge in [-0.1, -0.05) is 13.2 Å². The van der Waals surface area contributed by atoms with E-state index in [1.165, 1.54) is 0 Å². The van der Waals surface area contributed by atoms with Gasteiger partial charge in [0.05, 0.1) is 13.2 Å². The highest BCUT2D eigenvalue weighted by Crippen LogP contribution is 2.08. The molecule has 2 N–H and O–H groups in total. The number of ether oxygens (including phenoxy) is 2. The zero-order valence-electron chi connectivity index (χ0n) is 16.5. The summed E-state index contributed by atoms with van der Waals surface area (Å²) in [6.07, 6.45) is 0.731. The third-order valence-electron chi connectivity index (χ3n) is 2.81. The molecule has 0 saturated carbocycles. The zero-order chi connectivity index (χ0) is 20.3. The summed E-state index contributed by atoms with van der Waals surface area (Å²) in [5, 5.41) is 0. The van der Waals surface area contributed by atoms with E-state index in [-0.39, 0.29) is 11.9 Å². The van der Waals surface area contributed by atoms with Crippen molar-refractivity contribution in [1.82, 2.24) is 0 Å². The van der Waals surface area contributed by atoms with E-state index in [4.69, 9.17) is 9.47 Å². The highest BCUT2D eigenvalue weighted by Gasteiger charge is 2.17. The summed E-state index contributed by atoms with van der Waals surface area (Å²) in [5.41, 5.74) is 0.813. The van der Waals surface area contributed by atoms with Gasteiger partial charge in [-0.05, 0) is 52.5 Å². The predicted octanol–water partition coefficient (Wildman–Crippen LogP) is 3.00. The maximum absolute atomic E-state index is 10.9. The number of carbonyl (C=O) groups is 2. The van der Waals surface area contributed by atoms with Gasteiger partial charge in [-0.2, -0.15) is 0 Å². The van der Waals surface area contributed by atoms with Crippen molar-refractivity contribution in [3.8, 4) is 0 Å². The van der Waals surface area contributed by atoms with Gasteiger partial charge in [-0.15, -0.1) is 0 Å².